The van der Waals surface area contributed by atoms with E-state index in [1.54, 1.807) is 6.92 Å². The van der Waals surface area contributed by atoms with Gasteiger partial charge in [0.1, 0.15) is 5.54 Å². The monoisotopic (exact) mass is 326 g/mol. The number of carbonyl (C=O) groups excluding carboxylic acids is 1. The molecular weight excluding hydrogens is 304 g/mol. The van der Waals surface area contributed by atoms with E-state index in [1.807, 2.05) is 6.07 Å². The van der Waals surface area contributed by atoms with Crippen molar-refractivity contribution in [3.8, 4) is 0 Å². The molecule has 0 radical (unpaired) electrons. The van der Waals surface area contributed by atoms with Crippen molar-refractivity contribution >= 4 is 11.6 Å². The van der Waals surface area contributed by atoms with E-state index in [1.165, 1.54) is 11.3 Å². The number of aryl methyl sites for hydroxylation is 1. The molecule has 0 atom stereocenters. The zero-order valence-corrected chi connectivity index (χ0v) is 13.9. The third kappa shape index (κ3) is 2.66. The van der Waals surface area contributed by atoms with Crippen LogP contribution in [0.1, 0.15) is 43.0 Å². The Hall–Kier alpha value is -2.37. The van der Waals surface area contributed by atoms with Gasteiger partial charge in [-0.05, 0) is 30.9 Å². The third-order valence-corrected chi connectivity index (χ3v) is 5.11. The van der Waals surface area contributed by atoms with E-state index < -0.39 is 5.54 Å². The molecule has 126 valence electrons. The zero-order chi connectivity index (χ0) is 16.6. The van der Waals surface area contributed by atoms with Gasteiger partial charge in [-0.15, -0.1) is 0 Å². The Morgan fingerprint density at radius 1 is 1.33 bits per heavy atom. The number of anilines is 1. The van der Waals surface area contributed by atoms with Crippen molar-refractivity contribution in [1.82, 2.24) is 15.5 Å². The Morgan fingerprint density at radius 2 is 2.12 bits per heavy atom. The molecule has 2 aliphatic rings. The number of carbonyl (C=O) groups is 1. The predicted molar refractivity (Wildman–Crippen MR) is 89.7 cm³/mol. The van der Waals surface area contributed by atoms with Crippen LogP contribution in [0.5, 0.6) is 0 Å². The highest BCUT2D eigenvalue weighted by Gasteiger charge is 2.41. The summed E-state index contributed by atoms with van der Waals surface area (Å²) in [6, 6.07) is 8.29. The fourth-order valence-electron chi connectivity index (χ4n) is 3.93. The van der Waals surface area contributed by atoms with Crippen LogP contribution in [0, 0.1) is 6.92 Å². The van der Waals surface area contributed by atoms with Gasteiger partial charge in [0.25, 0.3) is 0 Å². The Morgan fingerprint density at radius 3 is 2.88 bits per heavy atom. The number of aromatic nitrogens is 2. The van der Waals surface area contributed by atoms with Crippen LogP contribution in [0.15, 0.2) is 28.8 Å². The van der Waals surface area contributed by atoms with Crippen LogP contribution in [0.25, 0.3) is 0 Å². The summed E-state index contributed by atoms with van der Waals surface area (Å²) in [5.41, 5.74) is 2.02. The summed E-state index contributed by atoms with van der Waals surface area (Å²) in [6.07, 6.45) is 4.88. The molecule has 6 heteroatoms. The topological polar surface area (TPSA) is 71.3 Å². The van der Waals surface area contributed by atoms with Gasteiger partial charge in [0, 0.05) is 19.2 Å². The molecule has 1 aliphatic heterocycles. The lowest BCUT2D eigenvalue weighted by atomic mass is 9.96. The Balaban J connectivity index is 1.49. The van der Waals surface area contributed by atoms with Gasteiger partial charge in [0.15, 0.2) is 5.82 Å². The fourth-order valence-corrected chi connectivity index (χ4v) is 3.93. The molecule has 1 amide bonds. The summed E-state index contributed by atoms with van der Waals surface area (Å²) < 4.78 is 5.14. The second-order valence-electron chi connectivity index (χ2n) is 6.77. The molecule has 1 saturated carbocycles. The van der Waals surface area contributed by atoms with Crippen molar-refractivity contribution in [2.75, 3.05) is 18.0 Å². The van der Waals surface area contributed by atoms with E-state index in [0.29, 0.717) is 18.3 Å². The molecule has 0 bridgehead atoms. The number of hydrogen-bond acceptors (Lipinski definition) is 5. The molecule has 24 heavy (non-hydrogen) atoms. The van der Waals surface area contributed by atoms with E-state index in [9.17, 15) is 4.79 Å². The summed E-state index contributed by atoms with van der Waals surface area (Å²) in [5, 5.41) is 7.29. The van der Waals surface area contributed by atoms with Gasteiger partial charge in [-0.3, -0.25) is 4.79 Å². The highest BCUT2D eigenvalue weighted by molar-refractivity contribution is 5.83. The number of benzene rings is 1. The molecule has 0 unspecified atom stereocenters. The predicted octanol–water partition coefficient (Wildman–Crippen LogP) is 2.33. The number of fused-ring (bicyclic) bond motifs is 1. The minimum Gasteiger partial charge on any atom is -0.362 e. The minimum atomic E-state index is -0.464. The quantitative estimate of drug-likeness (QED) is 0.933. The number of nitrogens with zero attached hydrogens (tertiary/aromatic N) is 3. The maximum absolute atomic E-state index is 12.7. The van der Waals surface area contributed by atoms with Gasteiger partial charge < -0.3 is 14.7 Å². The Labute approximate surface area is 141 Å². The van der Waals surface area contributed by atoms with Crippen molar-refractivity contribution in [3.05, 3.63) is 41.5 Å². The average molecular weight is 326 g/mol. The molecule has 0 spiro atoms. The Bertz CT molecular complexity index is 749. The number of amides is 1. The molecule has 1 fully saturated rings. The summed E-state index contributed by atoms with van der Waals surface area (Å²) in [7, 11) is 0. The van der Waals surface area contributed by atoms with Crippen LogP contribution in [0.3, 0.4) is 0 Å². The van der Waals surface area contributed by atoms with Crippen molar-refractivity contribution in [1.29, 1.82) is 0 Å². The van der Waals surface area contributed by atoms with Crippen LogP contribution >= 0.6 is 0 Å². The number of nitrogens with one attached hydrogen (secondary N) is 1. The van der Waals surface area contributed by atoms with Gasteiger partial charge in [0.2, 0.25) is 11.8 Å². The molecular formula is C18H22N4O2. The van der Waals surface area contributed by atoms with Crippen molar-refractivity contribution in [3.63, 3.8) is 0 Å². The maximum Gasteiger partial charge on any atom is 0.240 e. The van der Waals surface area contributed by atoms with Gasteiger partial charge in [-0.2, -0.15) is 4.98 Å². The minimum absolute atomic E-state index is 0.0241. The largest absolute Gasteiger partial charge is 0.362 e. The van der Waals surface area contributed by atoms with E-state index in [0.717, 1.165) is 38.6 Å². The highest BCUT2D eigenvalue weighted by atomic mass is 16.5. The molecule has 1 aliphatic carbocycles. The molecule has 2 aromatic rings. The van der Waals surface area contributed by atoms with Crippen LogP contribution in [-0.4, -0.2) is 29.1 Å². The van der Waals surface area contributed by atoms with E-state index >= 15 is 0 Å². The van der Waals surface area contributed by atoms with Gasteiger partial charge in [-0.1, -0.05) is 36.2 Å². The van der Waals surface area contributed by atoms with E-state index in [4.69, 9.17) is 4.52 Å². The van der Waals surface area contributed by atoms with E-state index in [2.05, 4.69) is 38.6 Å². The summed E-state index contributed by atoms with van der Waals surface area (Å²) >= 11 is 0. The number of para-hydroxylation sites is 1. The molecule has 6 nitrogen and oxygen atoms in total. The Kier molecular flexibility index (Phi) is 3.75. The second kappa shape index (κ2) is 5.92. The molecule has 0 saturated heterocycles. The molecule has 1 aromatic carbocycles. The fraction of sp³-hybridized carbons (Fsp3) is 0.500. The lowest BCUT2D eigenvalue weighted by molar-refractivity contribution is -0.121. The average Bonchev–Trinajstić information content (AvgIpc) is 3.29. The van der Waals surface area contributed by atoms with Crippen LogP contribution < -0.4 is 10.2 Å². The molecule has 1 aromatic heterocycles. The maximum atomic E-state index is 12.7. The third-order valence-electron chi connectivity index (χ3n) is 5.11. The number of rotatable bonds is 4. The van der Waals surface area contributed by atoms with Crippen LogP contribution in [-0.2, 0) is 16.8 Å². The highest BCUT2D eigenvalue weighted by Crippen LogP contribution is 2.37. The second-order valence-corrected chi connectivity index (χ2v) is 6.77. The SMILES string of the molecule is Cc1nc(C2(NC(=O)CN3CCc4ccccc43)CCCC2)no1. The number of hydrogen-bond donors (Lipinski definition) is 1. The molecule has 4 rings (SSSR count). The lowest BCUT2D eigenvalue weighted by Gasteiger charge is -2.28. The summed E-state index contributed by atoms with van der Waals surface area (Å²) in [4.78, 5) is 19.2. The first-order valence-corrected chi connectivity index (χ1v) is 8.61. The smallest absolute Gasteiger partial charge is 0.240 e. The van der Waals surface area contributed by atoms with Gasteiger partial charge in [-0.25, -0.2) is 0 Å². The van der Waals surface area contributed by atoms with Gasteiger partial charge >= 0.3 is 0 Å². The first-order valence-electron chi connectivity index (χ1n) is 8.61. The normalized spacial score (nSPS) is 18.6. The summed E-state index contributed by atoms with van der Waals surface area (Å²) in [6.45, 7) is 3.04. The van der Waals surface area contributed by atoms with Crippen molar-refractivity contribution < 1.29 is 9.32 Å². The van der Waals surface area contributed by atoms with Gasteiger partial charge in [0.05, 0.1) is 6.54 Å². The van der Waals surface area contributed by atoms with Crippen molar-refractivity contribution in [2.24, 2.45) is 0 Å². The zero-order valence-electron chi connectivity index (χ0n) is 13.9. The standard InChI is InChI=1S/C18H22N4O2/c1-13-19-17(21-24-13)18(9-4-5-10-18)20-16(23)12-22-11-8-14-6-2-3-7-15(14)22/h2-3,6-7H,4-5,8-12H2,1H3,(H,20,23). The van der Waals surface area contributed by atoms with Crippen molar-refractivity contribution in [2.45, 2.75) is 44.6 Å². The summed E-state index contributed by atoms with van der Waals surface area (Å²) in [5.74, 6) is 1.18. The van der Waals surface area contributed by atoms with Crippen LogP contribution in [0.4, 0.5) is 5.69 Å². The van der Waals surface area contributed by atoms with E-state index in [-0.39, 0.29) is 5.91 Å². The first-order chi connectivity index (χ1) is 11.7. The molecule has 1 N–H and O–H groups in total. The molecule has 2 heterocycles. The van der Waals surface area contributed by atoms with Crippen LogP contribution in [0.2, 0.25) is 0 Å². The first kappa shape index (κ1) is 15.2. The lowest BCUT2D eigenvalue weighted by Crippen LogP contribution is -2.48.